The Bertz CT molecular complexity index is 542. The molecule has 1 heterocycles. The molecular formula is C18H25ClN2O2. The summed E-state index contributed by atoms with van der Waals surface area (Å²) in [6.45, 7) is 5.02. The lowest BCUT2D eigenvalue weighted by molar-refractivity contribution is -0.121. The van der Waals surface area contributed by atoms with E-state index in [1.165, 1.54) is 19.3 Å². The molecule has 23 heavy (non-hydrogen) atoms. The van der Waals surface area contributed by atoms with E-state index in [1.807, 2.05) is 0 Å². The summed E-state index contributed by atoms with van der Waals surface area (Å²) in [5, 5.41) is 3.48. The number of piperidine rings is 1. The van der Waals surface area contributed by atoms with Crippen molar-refractivity contribution in [3.05, 3.63) is 34.9 Å². The summed E-state index contributed by atoms with van der Waals surface area (Å²) < 4.78 is 0. The Morgan fingerprint density at radius 1 is 1.22 bits per heavy atom. The molecule has 1 saturated heterocycles. The minimum Gasteiger partial charge on any atom is -0.355 e. The van der Waals surface area contributed by atoms with Gasteiger partial charge in [0.25, 0.3) is 0 Å². The zero-order valence-electron chi connectivity index (χ0n) is 13.7. The van der Waals surface area contributed by atoms with Gasteiger partial charge in [0, 0.05) is 36.0 Å². The van der Waals surface area contributed by atoms with Crippen LogP contribution < -0.4 is 5.32 Å². The van der Waals surface area contributed by atoms with Crippen molar-refractivity contribution >= 4 is 23.3 Å². The number of carbonyl (C=O) groups is 2. The van der Waals surface area contributed by atoms with Crippen LogP contribution in [0.25, 0.3) is 0 Å². The van der Waals surface area contributed by atoms with Gasteiger partial charge in [-0.1, -0.05) is 30.2 Å². The first-order chi connectivity index (χ1) is 11.1. The van der Waals surface area contributed by atoms with E-state index in [9.17, 15) is 9.59 Å². The van der Waals surface area contributed by atoms with Crippen LogP contribution in [0, 0.1) is 0 Å². The number of rotatable bonds is 7. The maximum absolute atomic E-state index is 12.0. The van der Waals surface area contributed by atoms with Crippen LogP contribution in [-0.2, 0) is 4.79 Å². The van der Waals surface area contributed by atoms with E-state index in [-0.39, 0.29) is 24.5 Å². The quantitative estimate of drug-likeness (QED) is 0.777. The van der Waals surface area contributed by atoms with Crippen molar-refractivity contribution in [1.82, 2.24) is 10.2 Å². The van der Waals surface area contributed by atoms with Gasteiger partial charge in [0.1, 0.15) is 0 Å². The monoisotopic (exact) mass is 336 g/mol. The number of Topliss-reactive ketones (excluding diaryl/α,β-unsaturated/α-hetero) is 1. The van der Waals surface area contributed by atoms with Crippen LogP contribution in [0.5, 0.6) is 0 Å². The summed E-state index contributed by atoms with van der Waals surface area (Å²) in [6.07, 6.45) is 4.22. The van der Waals surface area contributed by atoms with Crippen LogP contribution >= 0.6 is 11.6 Å². The lowest BCUT2D eigenvalue weighted by Gasteiger charge is -2.32. The third kappa shape index (κ3) is 5.96. The third-order valence-corrected chi connectivity index (χ3v) is 4.57. The second-order valence-electron chi connectivity index (χ2n) is 6.18. The SMILES string of the molecule is CC(CNC(=O)CCC(=O)c1cccc(Cl)c1)N1CCCCC1. The molecule has 126 valence electrons. The molecule has 1 unspecified atom stereocenters. The fourth-order valence-corrected chi connectivity index (χ4v) is 3.06. The van der Waals surface area contributed by atoms with E-state index in [0.29, 0.717) is 23.2 Å². The molecule has 0 radical (unpaired) electrons. The Labute approximate surface area is 143 Å². The molecule has 1 fully saturated rings. The normalized spacial score (nSPS) is 16.8. The predicted molar refractivity (Wildman–Crippen MR) is 92.9 cm³/mol. The predicted octanol–water partition coefficient (Wildman–Crippen LogP) is 3.29. The molecule has 0 aliphatic carbocycles. The maximum atomic E-state index is 12.0. The van der Waals surface area contributed by atoms with Crippen molar-refractivity contribution in [3.8, 4) is 0 Å². The number of benzene rings is 1. The Kier molecular flexibility index (Phi) is 7.06. The van der Waals surface area contributed by atoms with Gasteiger partial charge in [-0.3, -0.25) is 14.5 Å². The highest BCUT2D eigenvalue weighted by atomic mass is 35.5. The third-order valence-electron chi connectivity index (χ3n) is 4.33. The van der Waals surface area contributed by atoms with Crippen LogP contribution in [0.3, 0.4) is 0 Å². The van der Waals surface area contributed by atoms with Crippen molar-refractivity contribution in [1.29, 1.82) is 0 Å². The Morgan fingerprint density at radius 2 is 1.96 bits per heavy atom. The molecule has 1 amide bonds. The van der Waals surface area contributed by atoms with E-state index in [2.05, 4.69) is 17.1 Å². The second-order valence-corrected chi connectivity index (χ2v) is 6.62. The van der Waals surface area contributed by atoms with Crippen molar-refractivity contribution in [3.63, 3.8) is 0 Å². The standard InChI is InChI=1S/C18H25ClN2O2/c1-14(21-10-3-2-4-11-21)13-20-18(23)9-8-17(22)15-6-5-7-16(19)12-15/h5-7,12,14H,2-4,8-11,13H2,1H3,(H,20,23). The number of nitrogens with one attached hydrogen (secondary N) is 1. The summed E-state index contributed by atoms with van der Waals surface area (Å²) in [4.78, 5) is 26.4. The highest BCUT2D eigenvalue weighted by molar-refractivity contribution is 6.31. The molecule has 0 spiro atoms. The van der Waals surface area contributed by atoms with Crippen LogP contribution in [0.15, 0.2) is 24.3 Å². The lowest BCUT2D eigenvalue weighted by Crippen LogP contribution is -2.44. The number of hydrogen-bond acceptors (Lipinski definition) is 3. The van der Waals surface area contributed by atoms with Crippen LogP contribution in [0.2, 0.25) is 5.02 Å². The molecule has 0 saturated carbocycles. The molecule has 1 aliphatic rings. The highest BCUT2D eigenvalue weighted by Gasteiger charge is 2.17. The van der Waals surface area contributed by atoms with E-state index >= 15 is 0 Å². The van der Waals surface area contributed by atoms with Gasteiger partial charge in [-0.25, -0.2) is 0 Å². The molecule has 0 bridgehead atoms. The maximum Gasteiger partial charge on any atom is 0.220 e. The molecule has 1 aromatic rings. The largest absolute Gasteiger partial charge is 0.355 e. The average molecular weight is 337 g/mol. The first-order valence-electron chi connectivity index (χ1n) is 8.36. The summed E-state index contributed by atoms with van der Waals surface area (Å²) in [5.41, 5.74) is 0.562. The van der Waals surface area contributed by atoms with Crippen molar-refractivity contribution in [2.45, 2.75) is 45.1 Å². The number of amides is 1. The molecule has 5 heteroatoms. The molecule has 0 aromatic heterocycles. The number of ketones is 1. The van der Waals surface area contributed by atoms with E-state index in [4.69, 9.17) is 11.6 Å². The minimum atomic E-state index is -0.0655. The van der Waals surface area contributed by atoms with E-state index in [0.717, 1.165) is 13.1 Å². The van der Waals surface area contributed by atoms with E-state index < -0.39 is 0 Å². The van der Waals surface area contributed by atoms with Gasteiger partial charge < -0.3 is 5.32 Å². The van der Waals surface area contributed by atoms with Crippen molar-refractivity contribution in [2.75, 3.05) is 19.6 Å². The fourth-order valence-electron chi connectivity index (χ4n) is 2.87. The van der Waals surface area contributed by atoms with Gasteiger partial charge in [0.2, 0.25) is 5.91 Å². The Hall–Kier alpha value is -1.39. The molecule has 1 N–H and O–H groups in total. The topological polar surface area (TPSA) is 49.4 Å². The molecular weight excluding hydrogens is 312 g/mol. The van der Waals surface area contributed by atoms with E-state index in [1.54, 1.807) is 24.3 Å². The van der Waals surface area contributed by atoms with Gasteiger partial charge in [-0.15, -0.1) is 0 Å². The Morgan fingerprint density at radius 3 is 2.65 bits per heavy atom. The lowest BCUT2D eigenvalue weighted by atomic mass is 10.1. The zero-order chi connectivity index (χ0) is 16.7. The molecule has 4 nitrogen and oxygen atoms in total. The van der Waals surface area contributed by atoms with Crippen molar-refractivity contribution in [2.24, 2.45) is 0 Å². The van der Waals surface area contributed by atoms with Crippen molar-refractivity contribution < 1.29 is 9.59 Å². The molecule has 2 rings (SSSR count). The minimum absolute atomic E-state index is 0.0493. The van der Waals surface area contributed by atoms with Crippen LogP contribution in [0.4, 0.5) is 0 Å². The number of carbonyl (C=O) groups excluding carboxylic acids is 2. The summed E-state index contributed by atoms with van der Waals surface area (Å²) in [6, 6.07) is 7.19. The number of hydrogen-bond donors (Lipinski definition) is 1. The fraction of sp³-hybridized carbons (Fsp3) is 0.556. The first kappa shape index (κ1) is 18.0. The average Bonchev–Trinajstić information content (AvgIpc) is 2.58. The van der Waals surface area contributed by atoms with Gasteiger partial charge in [-0.2, -0.15) is 0 Å². The van der Waals surface area contributed by atoms with Gasteiger partial charge in [0.15, 0.2) is 5.78 Å². The summed E-state index contributed by atoms with van der Waals surface area (Å²) in [7, 11) is 0. The zero-order valence-corrected chi connectivity index (χ0v) is 14.4. The van der Waals surface area contributed by atoms with Crippen LogP contribution in [0.1, 0.15) is 49.4 Å². The number of nitrogens with zero attached hydrogens (tertiary/aromatic N) is 1. The van der Waals surface area contributed by atoms with Crippen LogP contribution in [-0.4, -0.2) is 42.3 Å². The second kappa shape index (κ2) is 9.04. The smallest absolute Gasteiger partial charge is 0.220 e. The number of halogens is 1. The summed E-state index contributed by atoms with van der Waals surface area (Å²) in [5.74, 6) is -0.115. The molecule has 1 aromatic carbocycles. The number of likely N-dealkylation sites (tertiary alicyclic amines) is 1. The van der Waals surface area contributed by atoms with Gasteiger partial charge >= 0.3 is 0 Å². The Balaban J connectivity index is 1.69. The first-order valence-corrected chi connectivity index (χ1v) is 8.73. The highest BCUT2D eigenvalue weighted by Crippen LogP contribution is 2.13. The van der Waals surface area contributed by atoms with Gasteiger partial charge in [0.05, 0.1) is 0 Å². The summed E-state index contributed by atoms with van der Waals surface area (Å²) >= 11 is 5.87. The van der Waals surface area contributed by atoms with Gasteiger partial charge in [-0.05, 0) is 45.0 Å². The molecule has 1 aliphatic heterocycles. The molecule has 1 atom stereocenters.